The van der Waals surface area contributed by atoms with Crippen LogP contribution in [-0.4, -0.2) is 64.2 Å². The third-order valence-electron chi connectivity index (χ3n) is 5.70. The molecule has 3 rings (SSSR count). The van der Waals surface area contributed by atoms with Gasteiger partial charge < -0.3 is 15.7 Å². The van der Waals surface area contributed by atoms with Crippen LogP contribution in [0, 0.1) is 11.8 Å². The van der Waals surface area contributed by atoms with E-state index in [2.05, 4.69) is 27.4 Å². The third-order valence-corrected chi connectivity index (χ3v) is 5.70. The number of hydrogen-bond donors (Lipinski definition) is 5. The largest absolute Gasteiger partial charge is 0.391 e. The highest BCUT2D eigenvalue weighted by atomic mass is 16.5. The van der Waals surface area contributed by atoms with Gasteiger partial charge in [-0.3, -0.25) is 24.5 Å². The molecule has 1 aliphatic rings. The van der Waals surface area contributed by atoms with Crippen LogP contribution in [0.4, 0.5) is 0 Å². The van der Waals surface area contributed by atoms with E-state index in [9.17, 15) is 19.5 Å². The van der Waals surface area contributed by atoms with Crippen LogP contribution < -0.4 is 16.1 Å². The Morgan fingerprint density at radius 2 is 1.64 bits per heavy atom. The summed E-state index contributed by atoms with van der Waals surface area (Å²) in [4.78, 5) is 37.5. The molecule has 2 aromatic carbocycles. The zero-order valence-corrected chi connectivity index (χ0v) is 19.7. The minimum absolute atomic E-state index is 0. The molecule has 1 aliphatic heterocycles. The van der Waals surface area contributed by atoms with Gasteiger partial charge in [-0.2, -0.15) is 0 Å². The maximum Gasteiger partial charge on any atom is 0.268 e. The van der Waals surface area contributed by atoms with Gasteiger partial charge in [0.15, 0.2) is 0 Å². The second-order valence-electron chi connectivity index (χ2n) is 8.61. The monoisotopic (exact) mass is 494 g/mol. The number of aliphatic hydroxyl groups is 1. The summed E-state index contributed by atoms with van der Waals surface area (Å²) in [6, 6.07) is 13.5. The fourth-order valence-electron chi connectivity index (χ4n) is 3.88. The Balaban J connectivity index is 0.00000456. The Morgan fingerprint density at radius 3 is 2.17 bits per heavy atom. The molecule has 0 aliphatic carbocycles. The van der Waals surface area contributed by atoms with Gasteiger partial charge in [-0.25, -0.2) is 5.48 Å². The lowest BCUT2D eigenvalue weighted by molar-refractivity contribution is -0.133. The highest BCUT2D eigenvalue weighted by Crippen LogP contribution is 2.14. The van der Waals surface area contributed by atoms with Gasteiger partial charge in [0, 0.05) is 49.3 Å². The van der Waals surface area contributed by atoms with Crippen LogP contribution in [-0.2, 0) is 16.1 Å². The summed E-state index contributed by atoms with van der Waals surface area (Å²) in [5.41, 5.74) is 4.48. The van der Waals surface area contributed by atoms with E-state index in [0.717, 1.165) is 31.6 Å². The molecule has 36 heavy (non-hydrogen) atoms. The molecule has 0 spiro atoms. The van der Waals surface area contributed by atoms with E-state index in [1.807, 2.05) is 24.3 Å². The predicted octanol–water partition coefficient (Wildman–Crippen LogP) is 1.42. The minimum Gasteiger partial charge on any atom is -0.391 e. The van der Waals surface area contributed by atoms with Gasteiger partial charge in [-0.05, 0) is 55.3 Å². The van der Waals surface area contributed by atoms with Gasteiger partial charge in [-0.15, -0.1) is 0 Å². The van der Waals surface area contributed by atoms with Crippen molar-refractivity contribution in [3.8, 4) is 11.8 Å². The van der Waals surface area contributed by atoms with E-state index >= 15 is 0 Å². The van der Waals surface area contributed by atoms with Crippen LogP contribution in [0.15, 0.2) is 48.5 Å². The summed E-state index contributed by atoms with van der Waals surface area (Å²) >= 11 is 0. The molecule has 192 valence electrons. The Hall–Kier alpha value is -3.71. The summed E-state index contributed by atoms with van der Waals surface area (Å²) in [5, 5.41) is 23.7. The summed E-state index contributed by atoms with van der Waals surface area (Å²) in [5.74, 6) is 4.71. The molecular formula is C27H34N4O5. The molecule has 0 unspecified atom stereocenters. The van der Waals surface area contributed by atoms with E-state index in [1.165, 1.54) is 18.0 Å². The van der Waals surface area contributed by atoms with Gasteiger partial charge in [-0.1, -0.05) is 31.4 Å². The zero-order chi connectivity index (χ0) is 25.4. The lowest BCUT2D eigenvalue weighted by Gasteiger charge is -2.19. The average molecular weight is 495 g/mol. The number of rotatable bonds is 7. The Morgan fingerprint density at radius 1 is 1.06 bits per heavy atom. The number of benzene rings is 2. The quantitative estimate of drug-likeness (QED) is 0.225. The summed E-state index contributed by atoms with van der Waals surface area (Å²) < 4.78 is 0. The molecular weight excluding hydrogens is 460 g/mol. The number of nitrogens with one attached hydrogen (secondary N) is 3. The van der Waals surface area contributed by atoms with Crippen molar-refractivity contribution in [1.82, 2.24) is 21.0 Å². The van der Waals surface area contributed by atoms with Gasteiger partial charge >= 0.3 is 0 Å². The number of hydrogen-bond acceptors (Lipinski definition) is 6. The molecule has 9 heteroatoms. The van der Waals surface area contributed by atoms with E-state index in [4.69, 9.17) is 5.21 Å². The molecule has 0 bridgehead atoms. The van der Waals surface area contributed by atoms with Gasteiger partial charge in [0.05, 0.1) is 6.10 Å². The van der Waals surface area contributed by atoms with Crippen molar-refractivity contribution in [3.63, 3.8) is 0 Å². The summed E-state index contributed by atoms with van der Waals surface area (Å²) in [6.07, 6.45) is -0.221. The van der Waals surface area contributed by atoms with Crippen LogP contribution in [0.1, 0.15) is 54.7 Å². The maximum atomic E-state index is 12.3. The molecule has 5 N–H and O–H groups in total. The van der Waals surface area contributed by atoms with Crippen molar-refractivity contribution in [2.45, 2.75) is 52.4 Å². The van der Waals surface area contributed by atoms with Crippen LogP contribution in [0.5, 0.6) is 0 Å². The smallest absolute Gasteiger partial charge is 0.268 e. The highest BCUT2D eigenvalue weighted by molar-refractivity contribution is 5.97. The van der Waals surface area contributed by atoms with E-state index in [1.54, 1.807) is 31.2 Å². The molecule has 1 heterocycles. The number of aliphatic hydroxyl groups excluding tert-OH is 1. The lowest BCUT2D eigenvalue weighted by atomic mass is 10.1. The second-order valence-corrected chi connectivity index (χ2v) is 8.61. The van der Waals surface area contributed by atoms with Crippen molar-refractivity contribution in [3.05, 3.63) is 70.8 Å². The van der Waals surface area contributed by atoms with Gasteiger partial charge in [0.1, 0.15) is 6.04 Å². The van der Waals surface area contributed by atoms with Crippen molar-refractivity contribution in [2.24, 2.45) is 0 Å². The number of carbonyl (C=O) groups is 3. The van der Waals surface area contributed by atoms with Crippen LogP contribution in [0.25, 0.3) is 0 Å². The summed E-state index contributed by atoms with van der Waals surface area (Å²) in [6.45, 7) is 5.51. The molecule has 0 aromatic heterocycles. The third kappa shape index (κ3) is 8.20. The molecule has 1 fully saturated rings. The molecule has 0 radical (unpaired) electrons. The summed E-state index contributed by atoms with van der Waals surface area (Å²) in [7, 11) is 0. The van der Waals surface area contributed by atoms with Gasteiger partial charge in [0.2, 0.25) is 5.91 Å². The Labute approximate surface area is 211 Å². The number of amides is 3. The topological polar surface area (TPSA) is 131 Å². The van der Waals surface area contributed by atoms with E-state index in [0.29, 0.717) is 11.1 Å². The van der Waals surface area contributed by atoms with Crippen LogP contribution in [0.3, 0.4) is 0 Å². The van der Waals surface area contributed by atoms with Crippen LogP contribution >= 0.6 is 0 Å². The molecule has 2 aromatic rings. The van der Waals surface area contributed by atoms with E-state index < -0.39 is 24.0 Å². The standard InChI is InChI=1S/C26H30N4O5.CH4/c1-17(31)24(26(34)29-35)28-25(33)22-11-9-20(10-12-22)4-3-19-5-7-21(8-6-19)15-30-14-13-23(16-30)27-18(2)32;/h5-12,17,23-24,31,35H,13-16H2,1-2H3,(H,27,32)(H,28,33)(H,29,34);1H4/t17-,23-,24+;/m1./s1. The first-order valence-electron chi connectivity index (χ1n) is 11.4. The second kappa shape index (κ2) is 13.4. The fraction of sp³-hybridized carbons (Fsp3) is 0.370. The SMILES string of the molecule is C.CC(=O)N[C@@H]1CCN(Cc2ccc(C#Cc3ccc(C(=O)N[C@H](C(=O)NO)[C@@H](C)O)cc3)cc2)C1. The predicted molar refractivity (Wildman–Crippen MR) is 136 cm³/mol. The first kappa shape index (κ1) is 28.5. The highest BCUT2D eigenvalue weighted by Gasteiger charge is 2.26. The first-order valence-corrected chi connectivity index (χ1v) is 11.4. The molecule has 1 saturated heterocycles. The lowest BCUT2D eigenvalue weighted by Crippen LogP contribution is -2.51. The van der Waals surface area contributed by atoms with Crippen molar-refractivity contribution in [2.75, 3.05) is 13.1 Å². The van der Waals surface area contributed by atoms with Crippen molar-refractivity contribution >= 4 is 17.7 Å². The molecule has 3 atom stereocenters. The first-order chi connectivity index (χ1) is 16.7. The Bertz CT molecular complexity index is 1100. The minimum atomic E-state index is -1.28. The van der Waals surface area contributed by atoms with Crippen molar-refractivity contribution < 1.29 is 24.7 Å². The number of carbonyl (C=O) groups excluding carboxylic acids is 3. The zero-order valence-electron chi connectivity index (χ0n) is 19.7. The van der Waals surface area contributed by atoms with Gasteiger partial charge in [0.25, 0.3) is 11.8 Å². The van der Waals surface area contributed by atoms with Crippen LogP contribution in [0.2, 0.25) is 0 Å². The Kier molecular flexibility index (Phi) is 10.6. The number of hydroxylamine groups is 1. The van der Waals surface area contributed by atoms with Crippen molar-refractivity contribution in [1.29, 1.82) is 0 Å². The molecule has 9 nitrogen and oxygen atoms in total. The number of nitrogens with zero attached hydrogens (tertiary/aromatic N) is 1. The van der Waals surface area contributed by atoms with E-state index in [-0.39, 0.29) is 19.4 Å². The maximum absolute atomic E-state index is 12.3. The molecule has 3 amide bonds. The fourth-order valence-corrected chi connectivity index (χ4v) is 3.88. The number of likely N-dealkylation sites (tertiary alicyclic amines) is 1. The molecule has 0 saturated carbocycles. The average Bonchev–Trinajstić information content (AvgIpc) is 3.27. The normalized spacial score (nSPS) is 16.5.